The molecule has 0 unspecified atom stereocenters. The number of anilines is 3. The summed E-state index contributed by atoms with van der Waals surface area (Å²) in [6, 6.07) is 65.7. The van der Waals surface area contributed by atoms with Crippen molar-refractivity contribution in [3.8, 4) is 5.69 Å². The van der Waals surface area contributed by atoms with E-state index >= 15 is 0 Å². The van der Waals surface area contributed by atoms with Crippen LogP contribution in [0.15, 0.2) is 186 Å². The lowest BCUT2D eigenvalue weighted by molar-refractivity contribution is 0.669. The Balaban J connectivity index is 1.25. The van der Waals surface area contributed by atoms with Crippen LogP contribution in [0, 0.1) is 0 Å². The molecule has 0 bridgehead atoms. The molecule has 11 aromatic rings. The van der Waals surface area contributed by atoms with Crippen LogP contribution < -0.4 is 4.90 Å². The minimum atomic E-state index is 0.884. The molecule has 0 spiro atoms. The van der Waals surface area contributed by atoms with Crippen molar-refractivity contribution in [3.63, 3.8) is 0 Å². The fraction of sp³-hybridized carbons (Fsp3) is 0. The minimum Gasteiger partial charge on any atom is -0.456 e. The van der Waals surface area contributed by atoms with Crippen molar-refractivity contribution < 1.29 is 4.42 Å². The monoisotopic (exact) mass is 650 g/mol. The lowest BCUT2D eigenvalue weighted by atomic mass is 9.94. The Bertz CT molecular complexity index is 3150. The molecule has 0 amide bonds. The zero-order valence-corrected chi connectivity index (χ0v) is 27.6. The van der Waals surface area contributed by atoms with E-state index in [1.54, 1.807) is 0 Å². The summed E-state index contributed by atoms with van der Waals surface area (Å²) < 4.78 is 8.69. The second-order valence-corrected chi connectivity index (χ2v) is 13.3. The number of hydrogen-bond donors (Lipinski definition) is 0. The first-order valence-corrected chi connectivity index (χ1v) is 17.4. The largest absolute Gasteiger partial charge is 0.456 e. The zero-order valence-electron chi connectivity index (χ0n) is 27.6. The van der Waals surface area contributed by atoms with Gasteiger partial charge in [0, 0.05) is 44.0 Å². The maximum absolute atomic E-state index is 6.30. The Hall–Kier alpha value is -6.84. The summed E-state index contributed by atoms with van der Waals surface area (Å²) in [7, 11) is 0. The van der Waals surface area contributed by atoms with Gasteiger partial charge in [-0.1, -0.05) is 121 Å². The van der Waals surface area contributed by atoms with E-state index in [9.17, 15) is 0 Å². The van der Waals surface area contributed by atoms with Gasteiger partial charge in [-0.25, -0.2) is 0 Å². The van der Waals surface area contributed by atoms with E-state index in [0.29, 0.717) is 0 Å². The van der Waals surface area contributed by atoms with E-state index in [4.69, 9.17) is 4.42 Å². The van der Waals surface area contributed by atoms with E-state index in [-0.39, 0.29) is 0 Å². The first-order chi connectivity index (χ1) is 25.3. The highest BCUT2D eigenvalue weighted by molar-refractivity contribution is 6.24. The van der Waals surface area contributed by atoms with Gasteiger partial charge in [-0.15, -0.1) is 0 Å². The molecule has 0 radical (unpaired) electrons. The number of para-hydroxylation sites is 3. The first kappa shape index (κ1) is 28.0. The van der Waals surface area contributed by atoms with Gasteiger partial charge in [0.15, 0.2) is 0 Å². The Labute approximate surface area is 293 Å². The summed E-state index contributed by atoms with van der Waals surface area (Å²) in [5, 5.41) is 12.1. The van der Waals surface area contributed by atoms with Crippen molar-refractivity contribution in [2.75, 3.05) is 4.90 Å². The van der Waals surface area contributed by atoms with Crippen LogP contribution in [0.4, 0.5) is 17.1 Å². The van der Waals surface area contributed by atoms with Crippen LogP contribution >= 0.6 is 0 Å². The van der Waals surface area contributed by atoms with E-state index in [1.165, 1.54) is 48.6 Å². The highest BCUT2D eigenvalue weighted by Crippen LogP contribution is 2.46. The van der Waals surface area contributed by atoms with Crippen LogP contribution in [-0.2, 0) is 0 Å². The number of rotatable bonds is 4. The van der Waals surface area contributed by atoms with E-state index < -0.39 is 0 Å². The van der Waals surface area contributed by atoms with Crippen molar-refractivity contribution >= 4 is 93.1 Å². The molecule has 3 nitrogen and oxygen atoms in total. The molecule has 0 atom stereocenters. The quantitative estimate of drug-likeness (QED) is 0.177. The normalized spacial score (nSPS) is 11.9. The van der Waals surface area contributed by atoms with E-state index in [1.807, 2.05) is 12.1 Å². The molecule has 51 heavy (non-hydrogen) atoms. The van der Waals surface area contributed by atoms with Gasteiger partial charge in [0.25, 0.3) is 0 Å². The minimum absolute atomic E-state index is 0.884. The van der Waals surface area contributed by atoms with Crippen molar-refractivity contribution in [2.24, 2.45) is 0 Å². The lowest BCUT2D eigenvalue weighted by Gasteiger charge is -2.28. The molecule has 9 aromatic carbocycles. The summed E-state index contributed by atoms with van der Waals surface area (Å²) >= 11 is 0. The lowest BCUT2D eigenvalue weighted by Crippen LogP contribution is -2.11. The second-order valence-electron chi connectivity index (χ2n) is 13.3. The summed E-state index contributed by atoms with van der Waals surface area (Å²) in [6.07, 6.45) is 0. The summed E-state index contributed by atoms with van der Waals surface area (Å²) in [5.74, 6) is 0. The number of hydrogen-bond acceptors (Lipinski definition) is 2. The van der Waals surface area contributed by atoms with Crippen molar-refractivity contribution in [1.29, 1.82) is 0 Å². The van der Waals surface area contributed by atoms with Gasteiger partial charge in [-0.2, -0.15) is 0 Å². The van der Waals surface area contributed by atoms with Gasteiger partial charge in [0.2, 0.25) is 0 Å². The predicted octanol–water partition coefficient (Wildman–Crippen LogP) is 13.6. The average Bonchev–Trinajstić information content (AvgIpc) is 3.73. The molecule has 0 aliphatic heterocycles. The maximum atomic E-state index is 6.30. The molecule has 3 heteroatoms. The molecule has 0 aliphatic rings. The second kappa shape index (κ2) is 10.8. The first-order valence-electron chi connectivity index (χ1n) is 17.4. The van der Waals surface area contributed by atoms with Gasteiger partial charge in [0.1, 0.15) is 11.2 Å². The Kier molecular flexibility index (Phi) is 5.96. The third kappa shape index (κ3) is 4.19. The van der Waals surface area contributed by atoms with E-state index in [0.717, 1.165) is 50.2 Å². The SMILES string of the molecule is c1ccc(-n2c3ccccc3c3ccc(N(c4ccc5oc6ccccc6c5c4)c4cc5ccc6ccccc6c5c5ccccc45)cc32)cc1. The Morgan fingerprint density at radius 1 is 0.373 bits per heavy atom. The van der Waals surface area contributed by atoms with Crippen LogP contribution in [0.2, 0.25) is 0 Å². The fourth-order valence-electron chi connectivity index (χ4n) is 8.28. The molecule has 0 saturated heterocycles. The summed E-state index contributed by atoms with van der Waals surface area (Å²) in [4.78, 5) is 2.44. The van der Waals surface area contributed by atoms with Crippen LogP contribution in [0.1, 0.15) is 0 Å². The number of aromatic nitrogens is 1. The smallest absolute Gasteiger partial charge is 0.135 e. The van der Waals surface area contributed by atoms with Crippen LogP contribution in [0.3, 0.4) is 0 Å². The van der Waals surface area contributed by atoms with Crippen LogP contribution in [0.5, 0.6) is 0 Å². The topological polar surface area (TPSA) is 21.3 Å². The standard InChI is InChI=1S/C48H30N2O/c1-2-13-33(14-3-1)50-43-20-10-8-16-37(43)39-26-24-35(30-45(39)50)49(34-25-27-47-42(29-34)40-18-9-11-21-46(40)51-47)44-28-32-23-22-31-12-4-5-15-36(31)48(32)41-19-7-6-17-38(41)44/h1-30H. The molecule has 0 N–H and O–H groups in total. The third-order valence-electron chi connectivity index (χ3n) is 10.5. The van der Waals surface area contributed by atoms with Crippen LogP contribution in [0.25, 0.3) is 81.7 Å². The molecule has 2 aromatic heterocycles. The number of nitrogens with zero attached hydrogens (tertiary/aromatic N) is 2. The van der Waals surface area contributed by atoms with Gasteiger partial charge in [0.05, 0.1) is 16.7 Å². The third-order valence-corrected chi connectivity index (χ3v) is 10.5. The van der Waals surface area contributed by atoms with Gasteiger partial charge in [-0.3, -0.25) is 0 Å². The number of benzene rings is 9. The molecule has 0 aliphatic carbocycles. The number of fused-ring (bicyclic) bond motifs is 11. The zero-order chi connectivity index (χ0) is 33.5. The molecule has 0 saturated carbocycles. The van der Waals surface area contributed by atoms with Gasteiger partial charge in [-0.05, 0) is 87.6 Å². The summed E-state index contributed by atoms with van der Waals surface area (Å²) in [6.45, 7) is 0. The molecule has 0 fully saturated rings. The van der Waals surface area contributed by atoms with Crippen molar-refractivity contribution in [1.82, 2.24) is 4.57 Å². The highest BCUT2D eigenvalue weighted by atomic mass is 16.3. The molecular formula is C48H30N2O. The molecular weight excluding hydrogens is 621 g/mol. The summed E-state index contributed by atoms with van der Waals surface area (Å²) in [5.41, 5.74) is 8.56. The van der Waals surface area contributed by atoms with Crippen LogP contribution in [-0.4, -0.2) is 4.57 Å². The molecule has 11 rings (SSSR count). The average molecular weight is 651 g/mol. The predicted molar refractivity (Wildman–Crippen MR) is 215 cm³/mol. The van der Waals surface area contributed by atoms with Crippen molar-refractivity contribution in [3.05, 3.63) is 182 Å². The van der Waals surface area contributed by atoms with Crippen molar-refractivity contribution in [2.45, 2.75) is 0 Å². The Morgan fingerprint density at radius 3 is 1.88 bits per heavy atom. The highest BCUT2D eigenvalue weighted by Gasteiger charge is 2.21. The van der Waals surface area contributed by atoms with Gasteiger partial charge < -0.3 is 13.9 Å². The molecule has 2 heterocycles. The number of furan rings is 1. The van der Waals surface area contributed by atoms with E-state index in [2.05, 4.69) is 179 Å². The van der Waals surface area contributed by atoms with Gasteiger partial charge >= 0.3 is 0 Å². The Morgan fingerprint density at radius 2 is 1.00 bits per heavy atom. The fourth-order valence-corrected chi connectivity index (χ4v) is 8.28. The maximum Gasteiger partial charge on any atom is 0.135 e. The molecule has 238 valence electrons.